The predicted molar refractivity (Wildman–Crippen MR) is 132 cm³/mol. The van der Waals surface area contributed by atoms with Crippen molar-refractivity contribution in [3.63, 3.8) is 0 Å². The van der Waals surface area contributed by atoms with Gasteiger partial charge in [0.1, 0.15) is 6.54 Å². The maximum Gasteiger partial charge on any atom is 0.344 e. The van der Waals surface area contributed by atoms with Crippen LogP contribution in [0.2, 0.25) is 10.0 Å². The lowest BCUT2D eigenvalue weighted by Crippen LogP contribution is -2.36. The van der Waals surface area contributed by atoms with Crippen LogP contribution in [0.15, 0.2) is 35.2 Å². The van der Waals surface area contributed by atoms with Gasteiger partial charge in [0.05, 0.1) is 21.6 Å². The van der Waals surface area contributed by atoms with Crippen molar-refractivity contribution in [1.29, 1.82) is 0 Å². The lowest BCUT2D eigenvalue weighted by atomic mass is 10.2. The van der Waals surface area contributed by atoms with Gasteiger partial charge in [0.25, 0.3) is 11.1 Å². The van der Waals surface area contributed by atoms with E-state index >= 15 is 0 Å². The van der Waals surface area contributed by atoms with E-state index in [9.17, 15) is 19.2 Å². The van der Waals surface area contributed by atoms with Crippen molar-refractivity contribution >= 4 is 69.8 Å². The first kappa shape index (κ1) is 25.7. The summed E-state index contributed by atoms with van der Waals surface area (Å²) < 4.78 is 20.6. The van der Waals surface area contributed by atoms with Crippen LogP contribution in [0.3, 0.4) is 0 Å². The van der Waals surface area contributed by atoms with Crippen LogP contribution in [0, 0.1) is 0 Å². The molecule has 188 valence electrons. The summed E-state index contributed by atoms with van der Waals surface area (Å²) in [5.41, 5.74) is 0.852. The minimum Gasteiger partial charge on any atom is -0.479 e. The fourth-order valence-electron chi connectivity index (χ4n) is 3.24. The summed E-state index contributed by atoms with van der Waals surface area (Å²) in [6.07, 6.45) is 1.42. The number of rotatable bonds is 8. The second kappa shape index (κ2) is 11.1. The summed E-state index contributed by atoms with van der Waals surface area (Å²) in [4.78, 5) is 50.1. The molecule has 0 atom stereocenters. The van der Waals surface area contributed by atoms with E-state index < -0.39 is 29.6 Å². The monoisotopic (exact) mass is 552 g/mol. The Kier molecular flexibility index (Phi) is 7.92. The first-order chi connectivity index (χ1) is 17.2. The van der Waals surface area contributed by atoms with E-state index in [4.69, 9.17) is 42.1 Å². The van der Waals surface area contributed by atoms with E-state index in [2.05, 4.69) is 5.32 Å². The Hall–Kier alpha value is -3.41. The Bertz CT molecular complexity index is 1260. The number of fused-ring (bicyclic) bond motifs is 1. The molecule has 0 aliphatic carbocycles. The summed E-state index contributed by atoms with van der Waals surface area (Å²) in [6.45, 7) is 1.12. The summed E-state index contributed by atoms with van der Waals surface area (Å²) in [6, 6.07) is 7.78. The van der Waals surface area contributed by atoms with Gasteiger partial charge in [-0.15, -0.1) is 0 Å². The fourth-order valence-corrected chi connectivity index (χ4v) is 4.69. The molecule has 0 spiro atoms. The molecule has 2 aromatic rings. The molecule has 0 bridgehead atoms. The Balaban J connectivity index is 1.41. The first-order valence-electron chi connectivity index (χ1n) is 10.5. The highest BCUT2D eigenvalue weighted by Gasteiger charge is 2.36. The number of anilines is 1. The fraction of sp³-hybridized carbons (Fsp3) is 0.217. The van der Waals surface area contributed by atoms with E-state index in [0.29, 0.717) is 34.5 Å². The van der Waals surface area contributed by atoms with Gasteiger partial charge < -0.3 is 24.3 Å². The third-order valence-corrected chi connectivity index (χ3v) is 6.26. The lowest BCUT2D eigenvalue weighted by molar-refractivity contribution is -0.145. The molecule has 4 rings (SSSR count). The second-order valence-electron chi connectivity index (χ2n) is 7.29. The van der Waals surface area contributed by atoms with Crippen LogP contribution in [0.1, 0.15) is 12.5 Å². The molecule has 10 nitrogen and oxygen atoms in total. The summed E-state index contributed by atoms with van der Waals surface area (Å²) in [7, 11) is 0. The topological polar surface area (TPSA) is 120 Å². The van der Waals surface area contributed by atoms with Crippen molar-refractivity contribution in [3.05, 3.63) is 50.8 Å². The van der Waals surface area contributed by atoms with Gasteiger partial charge in [-0.05, 0) is 54.6 Å². The maximum atomic E-state index is 12.8. The van der Waals surface area contributed by atoms with Gasteiger partial charge in [-0.25, -0.2) is 4.79 Å². The van der Waals surface area contributed by atoms with Crippen LogP contribution in [0.25, 0.3) is 6.08 Å². The van der Waals surface area contributed by atoms with Crippen molar-refractivity contribution < 1.29 is 38.1 Å². The number of carbonyl (C=O) groups is 4. The number of esters is 1. The predicted octanol–water partition coefficient (Wildman–Crippen LogP) is 4.34. The molecule has 2 aliphatic rings. The number of nitrogens with zero attached hydrogens (tertiary/aromatic N) is 1. The number of thioether (sulfide) groups is 1. The van der Waals surface area contributed by atoms with Gasteiger partial charge in [0.15, 0.2) is 23.9 Å². The number of carbonyl (C=O) groups excluding carboxylic acids is 4. The van der Waals surface area contributed by atoms with Crippen molar-refractivity contribution in [2.45, 2.75) is 6.92 Å². The highest BCUT2D eigenvalue weighted by atomic mass is 35.5. The molecule has 1 saturated heterocycles. The molecule has 2 aromatic carbocycles. The van der Waals surface area contributed by atoms with Crippen LogP contribution < -0.4 is 19.5 Å². The molecular weight excluding hydrogens is 535 g/mol. The molecule has 3 amide bonds. The number of imide groups is 1. The van der Waals surface area contributed by atoms with E-state index in [-0.39, 0.29) is 40.7 Å². The average molecular weight is 553 g/mol. The highest BCUT2D eigenvalue weighted by molar-refractivity contribution is 8.18. The molecule has 13 heteroatoms. The Labute approximate surface area is 219 Å². The largest absolute Gasteiger partial charge is 0.479 e. The molecule has 1 fully saturated rings. The van der Waals surface area contributed by atoms with Crippen LogP contribution in [-0.4, -0.2) is 54.5 Å². The Morgan fingerprint density at radius 1 is 1.14 bits per heavy atom. The second-order valence-corrected chi connectivity index (χ2v) is 9.10. The highest BCUT2D eigenvalue weighted by Crippen LogP contribution is 2.38. The van der Waals surface area contributed by atoms with Crippen molar-refractivity contribution in [3.8, 4) is 17.2 Å². The zero-order chi connectivity index (χ0) is 25.8. The van der Waals surface area contributed by atoms with Gasteiger partial charge in [-0.1, -0.05) is 23.2 Å². The van der Waals surface area contributed by atoms with Crippen LogP contribution in [-0.2, 0) is 19.1 Å². The molecule has 0 aromatic heterocycles. The van der Waals surface area contributed by atoms with Gasteiger partial charge in [0, 0.05) is 11.8 Å². The molecule has 0 saturated carbocycles. The van der Waals surface area contributed by atoms with Crippen LogP contribution >= 0.6 is 35.0 Å². The summed E-state index contributed by atoms with van der Waals surface area (Å²) in [5.74, 6) is -0.659. The number of halogens is 2. The summed E-state index contributed by atoms with van der Waals surface area (Å²) >= 11 is 13.1. The van der Waals surface area contributed by atoms with Crippen molar-refractivity contribution in [2.75, 3.05) is 31.9 Å². The number of hydrogen-bond donors (Lipinski definition) is 1. The van der Waals surface area contributed by atoms with Crippen molar-refractivity contribution in [2.24, 2.45) is 0 Å². The third-order valence-electron chi connectivity index (χ3n) is 4.79. The standard InChI is InChI=1S/C23H18Cl2N2O8S/c1-2-32-20(29)10-33-21-14(24)5-12(6-15(21)25)7-18-22(30)27(23(31)36-18)9-19(28)26-13-3-4-16-17(8-13)35-11-34-16/h3-8H,2,9-11H2,1H3,(H,26,28)/b18-7-. The zero-order valence-electron chi connectivity index (χ0n) is 18.7. The summed E-state index contributed by atoms with van der Waals surface area (Å²) in [5, 5.41) is 2.22. The number of amides is 3. The first-order valence-corrected chi connectivity index (χ1v) is 12.0. The van der Waals surface area contributed by atoms with Crippen LogP contribution in [0.5, 0.6) is 17.2 Å². The number of hydrogen-bond acceptors (Lipinski definition) is 9. The number of ether oxygens (including phenoxy) is 4. The number of benzene rings is 2. The molecular formula is C23H18Cl2N2O8S. The Morgan fingerprint density at radius 2 is 1.86 bits per heavy atom. The van der Waals surface area contributed by atoms with Gasteiger partial charge >= 0.3 is 5.97 Å². The van der Waals surface area contributed by atoms with Gasteiger partial charge in [-0.3, -0.25) is 19.3 Å². The van der Waals surface area contributed by atoms with Crippen molar-refractivity contribution in [1.82, 2.24) is 4.90 Å². The molecule has 0 radical (unpaired) electrons. The molecule has 0 unspecified atom stereocenters. The molecule has 2 aliphatic heterocycles. The SMILES string of the molecule is CCOC(=O)COc1c(Cl)cc(/C=C2\SC(=O)N(CC(=O)Nc3ccc4c(c3)OCO4)C2=O)cc1Cl. The van der Waals surface area contributed by atoms with Gasteiger partial charge in [0.2, 0.25) is 12.7 Å². The van der Waals surface area contributed by atoms with E-state index in [1.807, 2.05) is 0 Å². The lowest BCUT2D eigenvalue weighted by Gasteiger charge is -2.12. The third kappa shape index (κ3) is 5.86. The minimum absolute atomic E-state index is 0.0804. The minimum atomic E-state index is -0.638. The van der Waals surface area contributed by atoms with E-state index in [0.717, 1.165) is 4.90 Å². The average Bonchev–Trinajstić information content (AvgIpc) is 3.38. The van der Waals surface area contributed by atoms with Crippen LogP contribution in [0.4, 0.5) is 10.5 Å². The smallest absolute Gasteiger partial charge is 0.344 e. The van der Waals surface area contributed by atoms with Gasteiger partial charge in [-0.2, -0.15) is 0 Å². The van der Waals surface area contributed by atoms with E-state index in [1.165, 1.54) is 18.2 Å². The maximum absolute atomic E-state index is 12.8. The molecule has 1 N–H and O–H groups in total. The quantitative estimate of drug-likeness (QED) is 0.376. The Morgan fingerprint density at radius 3 is 2.58 bits per heavy atom. The van der Waals surface area contributed by atoms with E-state index in [1.54, 1.807) is 25.1 Å². The zero-order valence-corrected chi connectivity index (χ0v) is 21.0. The number of nitrogens with one attached hydrogen (secondary N) is 1. The molecule has 2 heterocycles. The normalized spacial score (nSPS) is 15.4. The molecule has 36 heavy (non-hydrogen) atoms.